The van der Waals surface area contributed by atoms with Gasteiger partial charge >= 0.3 is 0 Å². The Morgan fingerprint density at radius 3 is 2.60 bits per heavy atom. The minimum Gasteiger partial charge on any atom is -0.489 e. The minimum atomic E-state index is -3.16. The fourth-order valence-corrected chi connectivity index (χ4v) is 2.15. The molecule has 1 aliphatic carbocycles. The third-order valence-corrected chi connectivity index (χ3v) is 3.91. The van der Waals surface area contributed by atoms with Gasteiger partial charge in [-0.1, -0.05) is 0 Å². The van der Waals surface area contributed by atoms with Crippen LogP contribution in [0.25, 0.3) is 0 Å². The minimum absolute atomic E-state index is 0.260. The zero-order valence-corrected chi connectivity index (χ0v) is 10.6. The van der Waals surface area contributed by atoms with Crippen molar-refractivity contribution in [2.24, 2.45) is 0 Å². The van der Waals surface area contributed by atoms with Crippen molar-refractivity contribution < 1.29 is 13.2 Å². The van der Waals surface area contributed by atoms with Crippen molar-refractivity contribution in [1.29, 1.82) is 0 Å². The molecule has 0 heterocycles. The van der Waals surface area contributed by atoms with Crippen LogP contribution in [0.2, 0.25) is 0 Å². The first kappa shape index (κ1) is 11.0. The molecule has 0 N–H and O–H groups in total. The summed E-state index contributed by atoms with van der Waals surface area (Å²) in [5, 5.41) is 0. The van der Waals surface area contributed by atoms with E-state index in [0.29, 0.717) is 10.6 Å². The Morgan fingerprint density at radius 1 is 1.40 bits per heavy atom. The van der Waals surface area contributed by atoms with Crippen molar-refractivity contribution in [1.82, 2.24) is 0 Å². The van der Waals surface area contributed by atoms with Crippen LogP contribution in [0.4, 0.5) is 0 Å². The Hall–Kier alpha value is -0.550. The summed E-state index contributed by atoms with van der Waals surface area (Å²) in [5.74, 6) is 0.612. The van der Waals surface area contributed by atoms with E-state index in [1.54, 1.807) is 18.2 Å². The molecule has 5 heteroatoms. The second-order valence-electron chi connectivity index (χ2n) is 3.68. The van der Waals surface area contributed by atoms with Crippen molar-refractivity contribution in [3.05, 3.63) is 22.7 Å². The van der Waals surface area contributed by atoms with Crippen LogP contribution in [0.15, 0.2) is 27.6 Å². The summed E-state index contributed by atoms with van der Waals surface area (Å²) >= 11 is 3.33. The Kier molecular flexibility index (Phi) is 2.77. The molecule has 0 amide bonds. The van der Waals surface area contributed by atoms with E-state index in [4.69, 9.17) is 4.74 Å². The maximum Gasteiger partial charge on any atom is 0.175 e. The molecular weight excluding hydrogens is 280 g/mol. The molecule has 1 aromatic carbocycles. The molecule has 2 rings (SSSR count). The molecule has 1 saturated carbocycles. The van der Waals surface area contributed by atoms with Crippen LogP contribution < -0.4 is 4.74 Å². The average Bonchev–Trinajstić information content (AvgIpc) is 2.90. The lowest BCUT2D eigenvalue weighted by molar-refractivity contribution is 0.300. The molecule has 1 aliphatic rings. The molecule has 0 atom stereocenters. The normalized spacial score (nSPS) is 16.4. The number of ether oxygens (including phenoxy) is 1. The second-order valence-corrected chi connectivity index (χ2v) is 6.55. The van der Waals surface area contributed by atoms with Gasteiger partial charge in [0.15, 0.2) is 9.84 Å². The molecule has 15 heavy (non-hydrogen) atoms. The van der Waals surface area contributed by atoms with E-state index in [2.05, 4.69) is 15.9 Å². The Labute approximate surface area is 97.5 Å². The van der Waals surface area contributed by atoms with Gasteiger partial charge in [-0.3, -0.25) is 0 Å². The Morgan fingerprint density at radius 2 is 2.07 bits per heavy atom. The molecule has 0 aromatic heterocycles. The molecule has 0 bridgehead atoms. The highest BCUT2D eigenvalue weighted by Gasteiger charge is 2.24. The van der Waals surface area contributed by atoms with Crippen molar-refractivity contribution in [2.45, 2.75) is 23.8 Å². The molecule has 0 radical (unpaired) electrons. The summed E-state index contributed by atoms with van der Waals surface area (Å²) in [4.78, 5) is 0.293. The standard InChI is InChI=1S/C10H11BrO3S/c1-15(12,13)8-4-5-9(11)10(6-8)14-7-2-3-7/h4-7H,2-3H2,1H3. The van der Waals surface area contributed by atoms with E-state index >= 15 is 0 Å². The Bertz CT molecular complexity index is 477. The molecule has 1 aromatic rings. The van der Waals surface area contributed by atoms with E-state index in [9.17, 15) is 8.42 Å². The molecule has 82 valence electrons. The number of hydrogen-bond acceptors (Lipinski definition) is 3. The van der Waals surface area contributed by atoms with Crippen LogP contribution in [-0.2, 0) is 9.84 Å². The first-order valence-electron chi connectivity index (χ1n) is 4.63. The summed E-state index contributed by atoms with van der Waals surface area (Å²) in [6.45, 7) is 0. The first-order chi connectivity index (χ1) is 6.97. The molecular formula is C10H11BrO3S. The lowest BCUT2D eigenvalue weighted by Gasteiger charge is -2.08. The number of hydrogen-bond donors (Lipinski definition) is 0. The van der Waals surface area contributed by atoms with Gasteiger partial charge < -0.3 is 4.74 Å². The molecule has 0 unspecified atom stereocenters. The van der Waals surface area contributed by atoms with Gasteiger partial charge in [0.2, 0.25) is 0 Å². The van der Waals surface area contributed by atoms with Gasteiger partial charge in [-0.15, -0.1) is 0 Å². The van der Waals surface area contributed by atoms with Crippen LogP contribution in [0.1, 0.15) is 12.8 Å². The number of sulfone groups is 1. The number of halogens is 1. The van der Waals surface area contributed by atoms with Crippen molar-refractivity contribution in [2.75, 3.05) is 6.26 Å². The maximum absolute atomic E-state index is 11.3. The van der Waals surface area contributed by atoms with Crippen LogP contribution in [0.3, 0.4) is 0 Å². The second kappa shape index (κ2) is 3.79. The highest BCUT2D eigenvalue weighted by atomic mass is 79.9. The SMILES string of the molecule is CS(=O)(=O)c1ccc(Br)c(OC2CC2)c1. The lowest BCUT2D eigenvalue weighted by Crippen LogP contribution is -2.01. The van der Waals surface area contributed by atoms with E-state index in [1.165, 1.54) is 6.26 Å². The molecule has 0 saturated heterocycles. The summed E-state index contributed by atoms with van der Waals surface area (Å²) < 4.78 is 29.0. The molecule has 0 aliphatic heterocycles. The largest absolute Gasteiger partial charge is 0.489 e. The van der Waals surface area contributed by atoms with Gasteiger partial charge in [0.25, 0.3) is 0 Å². The quantitative estimate of drug-likeness (QED) is 0.859. The third kappa shape index (κ3) is 2.72. The predicted molar refractivity (Wildman–Crippen MR) is 60.9 cm³/mol. The van der Waals surface area contributed by atoms with Gasteiger partial charge in [0.05, 0.1) is 15.5 Å². The van der Waals surface area contributed by atoms with Crippen molar-refractivity contribution in [3.63, 3.8) is 0 Å². The predicted octanol–water partition coefficient (Wildman–Crippen LogP) is 2.39. The molecule has 0 spiro atoms. The molecule has 1 fully saturated rings. The highest BCUT2D eigenvalue weighted by Crippen LogP contribution is 2.33. The third-order valence-electron chi connectivity index (χ3n) is 2.15. The zero-order chi connectivity index (χ0) is 11.1. The number of benzene rings is 1. The maximum atomic E-state index is 11.3. The van der Waals surface area contributed by atoms with Crippen LogP contribution in [-0.4, -0.2) is 20.8 Å². The lowest BCUT2D eigenvalue weighted by atomic mass is 10.3. The highest BCUT2D eigenvalue weighted by molar-refractivity contribution is 9.10. The van der Waals surface area contributed by atoms with Crippen molar-refractivity contribution in [3.8, 4) is 5.75 Å². The van der Waals surface area contributed by atoms with Gasteiger partial charge in [-0.2, -0.15) is 0 Å². The zero-order valence-electron chi connectivity index (χ0n) is 8.23. The monoisotopic (exact) mass is 290 g/mol. The van der Waals surface area contributed by atoms with E-state index in [0.717, 1.165) is 17.3 Å². The van der Waals surface area contributed by atoms with Gasteiger partial charge in [0, 0.05) is 6.26 Å². The van der Waals surface area contributed by atoms with Crippen LogP contribution >= 0.6 is 15.9 Å². The van der Waals surface area contributed by atoms with Gasteiger partial charge in [-0.25, -0.2) is 8.42 Å². The van der Waals surface area contributed by atoms with Gasteiger partial charge in [0.1, 0.15) is 5.75 Å². The van der Waals surface area contributed by atoms with Crippen LogP contribution in [0.5, 0.6) is 5.75 Å². The number of rotatable bonds is 3. The Balaban J connectivity index is 2.35. The van der Waals surface area contributed by atoms with E-state index in [-0.39, 0.29) is 6.10 Å². The summed E-state index contributed by atoms with van der Waals surface area (Å²) in [6.07, 6.45) is 3.55. The summed E-state index contributed by atoms with van der Waals surface area (Å²) in [6, 6.07) is 4.84. The average molecular weight is 291 g/mol. The molecule has 3 nitrogen and oxygen atoms in total. The topological polar surface area (TPSA) is 43.4 Å². The van der Waals surface area contributed by atoms with Crippen LogP contribution in [0, 0.1) is 0 Å². The fraction of sp³-hybridized carbons (Fsp3) is 0.400. The summed E-state index contributed by atoms with van der Waals surface area (Å²) in [5.41, 5.74) is 0. The smallest absolute Gasteiger partial charge is 0.175 e. The fourth-order valence-electron chi connectivity index (χ4n) is 1.17. The van der Waals surface area contributed by atoms with E-state index in [1.807, 2.05) is 0 Å². The summed E-state index contributed by atoms with van der Waals surface area (Å²) in [7, 11) is -3.16. The van der Waals surface area contributed by atoms with Gasteiger partial charge in [-0.05, 0) is 47.0 Å². The van der Waals surface area contributed by atoms with E-state index < -0.39 is 9.84 Å². The van der Waals surface area contributed by atoms with Crippen molar-refractivity contribution >= 4 is 25.8 Å². The first-order valence-corrected chi connectivity index (χ1v) is 7.31.